The predicted molar refractivity (Wildman–Crippen MR) is 244 cm³/mol. The maximum atomic E-state index is 14.0. The molecule has 4 saturated carbocycles. The van der Waals surface area contributed by atoms with Gasteiger partial charge in [0.05, 0.1) is 39.2 Å². The monoisotopic (exact) mass is 900 g/mol. The van der Waals surface area contributed by atoms with Crippen LogP contribution in [0.25, 0.3) is 33.9 Å². The van der Waals surface area contributed by atoms with E-state index in [1.54, 1.807) is 48.0 Å². The number of anilines is 2. The number of halogens is 2. The van der Waals surface area contributed by atoms with Gasteiger partial charge in [0, 0.05) is 53.6 Å². The fraction of sp³-hybridized carbons (Fsp3) is 0.304. The van der Waals surface area contributed by atoms with Crippen LogP contribution in [0.4, 0.5) is 11.8 Å². The Hall–Kier alpha value is -5.41. The first-order valence-electron chi connectivity index (χ1n) is 20.9. The lowest BCUT2D eigenvalue weighted by Crippen LogP contribution is -2.54. The van der Waals surface area contributed by atoms with Crippen LogP contribution in [0.1, 0.15) is 66.2 Å². The van der Waals surface area contributed by atoms with Crippen molar-refractivity contribution in [2.75, 3.05) is 17.2 Å². The molecule has 4 aliphatic carbocycles. The maximum Gasteiger partial charge on any atom is 0.266 e. The third kappa shape index (κ3) is 6.73. The number of nitrogens with one attached hydrogen (secondary N) is 2. The highest BCUT2D eigenvalue weighted by Crippen LogP contribution is 2.66. The molecule has 7 aromatic rings. The number of benzene rings is 2. The molecular formula is C46H42Cl2N10O2S2. The van der Waals surface area contributed by atoms with E-state index in [2.05, 4.69) is 59.9 Å². The summed E-state index contributed by atoms with van der Waals surface area (Å²) in [5, 5.41) is 22.2. The van der Waals surface area contributed by atoms with Gasteiger partial charge in [-0.25, -0.2) is 18.4 Å². The number of nitrogens with zero attached hydrogens (tertiary/aromatic N) is 8. The summed E-state index contributed by atoms with van der Waals surface area (Å²) < 4.78 is 31.3. The van der Waals surface area contributed by atoms with Gasteiger partial charge in [-0.05, 0) is 121 Å². The van der Waals surface area contributed by atoms with Crippen LogP contribution < -0.4 is 10.6 Å². The van der Waals surface area contributed by atoms with E-state index in [-0.39, 0.29) is 16.9 Å². The van der Waals surface area contributed by atoms with Crippen LogP contribution in [-0.2, 0) is 23.1 Å². The summed E-state index contributed by atoms with van der Waals surface area (Å²) in [6.45, 7) is 3.20. The van der Waals surface area contributed by atoms with Crippen molar-refractivity contribution in [3.05, 3.63) is 135 Å². The Kier molecular flexibility index (Phi) is 9.82. The van der Waals surface area contributed by atoms with Crippen molar-refractivity contribution in [3.63, 3.8) is 0 Å². The lowest BCUT2D eigenvalue weighted by molar-refractivity contribution is -0.0677. The van der Waals surface area contributed by atoms with E-state index < -0.39 is 10.0 Å². The summed E-state index contributed by atoms with van der Waals surface area (Å²) in [4.78, 5) is 19.1. The molecule has 12 rings (SSSR count). The molecule has 5 aliphatic rings. The lowest BCUT2D eigenvalue weighted by Gasteiger charge is -2.61. The molecule has 4 fully saturated rings. The zero-order valence-electron chi connectivity index (χ0n) is 33.7. The Morgan fingerprint density at radius 1 is 0.935 bits per heavy atom. The van der Waals surface area contributed by atoms with Gasteiger partial charge in [0.25, 0.3) is 10.0 Å². The minimum absolute atomic E-state index is 0.0153. The molecule has 2 N–H and O–H groups in total. The minimum Gasteiger partial charge on any atom is -0.369 e. The Labute approximate surface area is 373 Å². The van der Waals surface area contributed by atoms with Crippen LogP contribution in [0.5, 0.6) is 0 Å². The Morgan fingerprint density at radius 3 is 2.61 bits per heavy atom. The average molecular weight is 902 g/mol. The van der Waals surface area contributed by atoms with Gasteiger partial charge in [-0.15, -0.1) is 10.2 Å². The molecule has 3 unspecified atom stereocenters. The molecule has 6 heterocycles. The second-order valence-electron chi connectivity index (χ2n) is 17.2. The van der Waals surface area contributed by atoms with Crippen molar-refractivity contribution < 1.29 is 8.42 Å². The van der Waals surface area contributed by atoms with Gasteiger partial charge in [-0.1, -0.05) is 53.5 Å². The first-order valence-corrected chi connectivity index (χ1v) is 24.0. The number of fused-ring (bicyclic) bond motifs is 2. The van der Waals surface area contributed by atoms with Crippen LogP contribution in [0, 0.1) is 30.1 Å². The van der Waals surface area contributed by atoms with Crippen LogP contribution in [0.15, 0.2) is 101 Å². The van der Waals surface area contributed by atoms with Gasteiger partial charge >= 0.3 is 0 Å². The van der Waals surface area contributed by atoms with Crippen molar-refractivity contribution >= 4 is 73.3 Å². The van der Waals surface area contributed by atoms with Gasteiger partial charge in [0.2, 0.25) is 5.95 Å². The second-order valence-corrected chi connectivity index (χ2v) is 20.6. The normalized spacial score (nSPS) is 22.6. The SMILES string of the molecule is Cc1nnc(NCc2cc(C3C4CC5CC(C4)CC3(CNc3ncnc4c3C=CN(S(=O)(=O)c3cccc6cccnc36)C4)C5)cnc2-c2ccsc2)n1-c1cccc(Cl)c1Cl. The Balaban J connectivity index is 0.893. The number of aryl methyl sites for hydroxylation is 1. The van der Waals surface area contributed by atoms with Gasteiger partial charge in [-0.2, -0.15) is 11.3 Å². The molecule has 16 heteroatoms. The van der Waals surface area contributed by atoms with E-state index in [1.807, 2.05) is 41.8 Å². The van der Waals surface area contributed by atoms with Crippen LogP contribution in [-0.4, -0.2) is 54.0 Å². The third-order valence-electron chi connectivity index (χ3n) is 13.5. The molecule has 3 atom stereocenters. The largest absolute Gasteiger partial charge is 0.369 e. The van der Waals surface area contributed by atoms with Gasteiger partial charge in [0.15, 0.2) is 0 Å². The Bertz CT molecular complexity index is 2990. The molecule has 62 heavy (non-hydrogen) atoms. The summed E-state index contributed by atoms with van der Waals surface area (Å²) >= 11 is 14.8. The van der Waals surface area contributed by atoms with Gasteiger partial charge in [-0.3, -0.25) is 18.8 Å². The number of hydrogen-bond acceptors (Lipinski definition) is 11. The summed E-state index contributed by atoms with van der Waals surface area (Å²) in [5.74, 6) is 4.21. The van der Waals surface area contributed by atoms with Gasteiger partial charge in [0.1, 0.15) is 22.9 Å². The van der Waals surface area contributed by atoms with Crippen molar-refractivity contribution in [2.24, 2.45) is 23.2 Å². The van der Waals surface area contributed by atoms with E-state index in [0.29, 0.717) is 68.9 Å². The standard InChI is InChI=1S/C46H42Cl2N10O2S2/c1-27-55-56-45(58(27)38-8-3-7-36(47)41(38)48)51-22-34-18-33(21-50-42(34)31-11-14-61-24-31)40-32-16-28-15-29(17-32)20-46(40,19-28)25-52-44-35-10-13-57(23-37(35)53-26-54-44)62(59,60)39-9-2-5-30-6-4-12-49-43(30)39/h2-14,18,21,24,26,28-29,32,40H,15-17,19-20,22-23,25H2,1H3,(H,51,56)(H,52,53,54). The summed E-state index contributed by atoms with van der Waals surface area (Å²) in [5.41, 5.74) is 6.96. The van der Waals surface area contributed by atoms with E-state index >= 15 is 0 Å². The van der Waals surface area contributed by atoms with E-state index in [4.69, 9.17) is 33.2 Å². The predicted octanol–water partition coefficient (Wildman–Crippen LogP) is 10.2. The number of para-hydroxylation sites is 1. The van der Waals surface area contributed by atoms with Crippen LogP contribution in [0.2, 0.25) is 10.0 Å². The van der Waals surface area contributed by atoms with E-state index in [9.17, 15) is 8.42 Å². The van der Waals surface area contributed by atoms with Crippen molar-refractivity contribution in [1.82, 2.24) is 39.0 Å². The first-order chi connectivity index (χ1) is 30.1. The molecule has 314 valence electrons. The highest BCUT2D eigenvalue weighted by molar-refractivity contribution is 7.89. The molecule has 5 aromatic heterocycles. The number of rotatable bonds is 11. The fourth-order valence-electron chi connectivity index (χ4n) is 11.3. The molecule has 1 aliphatic heterocycles. The van der Waals surface area contributed by atoms with Crippen LogP contribution >= 0.6 is 34.5 Å². The highest BCUT2D eigenvalue weighted by Gasteiger charge is 2.57. The number of thiophene rings is 1. The molecule has 2 aromatic carbocycles. The topological polar surface area (TPSA) is 144 Å². The third-order valence-corrected chi connectivity index (χ3v) is 16.8. The molecule has 4 bridgehead atoms. The summed E-state index contributed by atoms with van der Waals surface area (Å²) in [6, 6.07) is 18.9. The summed E-state index contributed by atoms with van der Waals surface area (Å²) in [7, 11) is -3.91. The minimum atomic E-state index is -3.91. The summed E-state index contributed by atoms with van der Waals surface area (Å²) in [6.07, 6.45) is 14.8. The lowest BCUT2D eigenvalue weighted by atomic mass is 9.44. The van der Waals surface area contributed by atoms with Crippen molar-refractivity contribution in [1.29, 1.82) is 0 Å². The van der Waals surface area contributed by atoms with Gasteiger partial charge < -0.3 is 10.6 Å². The fourth-order valence-corrected chi connectivity index (χ4v) is 13.7. The molecular weight excluding hydrogens is 860 g/mol. The molecule has 12 nitrogen and oxygen atoms in total. The maximum absolute atomic E-state index is 14.0. The van der Waals surface area contributed by atoms with Crippen molar-refractivity contribution in [3.8, 4) is 16.9 Å². The zero-order valence-corrected chi connectivity index (χ0v) is 36.9. The molecule has 0 saturated heterocycles. The van der Waals surface area contributed by atoms with Crippen molar-refractivity contribution in [2.45, 2.75) is 62.9 Å². The smallest absolute Gasteiger partial charge is 0.266 e. The first kappa shape index (κ1) is 39.4. The number of hydrogen-bond donors (Lipinski definition) is 2. The molecule has 0 radical (unpaired) electrons. The highest BCUT2D eigenvalue weighted by atomic mass is 35.5. The number of sulfonamides is 1. The van der Waals surface area contributed by atoms with Crippen LogP contribution in [0.3, 0.4) is 0 Å². The Morgan fingerprint density at radius 2 is 1.77 bits per heavy atom. The number of pyridine rings is 2. The zero-order chi connectivity index (χ0) is 42.2. The average Bonchev–Trinajstić information content (AvgIpc) is 3.95. The van der Waals surface area contributed by atoms with E-state index in [1.165, 1.54) is 35.5 Å². The molecule has 0 amide bonds. The quantitative estimate of drug-likeness (QED) is 0.129. The second kappa shape index (κ2) is 15.4. The van der Waals surface area contributed by atoms with E-state index in [0.717, 1.165) is 53.0 Å². The molecule has 0 spiro atoms. The number of aromatic nitrogens is 7.